The fraction of sp³-hybridized carbons (Fsp3) is 0.533. The van der Waals surface area contributed by atoms with Gasteiger partial charge in [0.25, 0.3) is 0 Å². The van der Waals surface area contributed by atoms with Gasteiger partial charge in [-0.3, -0.25) is 4.79 Å². The van der Waals surface area contributed by atoms with Crippen LogP contribution in [0.5, 0.6) is 0 Å². The molecule has 2 aromatic rings. The van der Waals surface area contributed by atoms with Crippen molar-refractivity contribution in [3.05, 3.63) is 35.9 Å². The number of carbonyl (C=O) groups excluding carboxylic acids is 1. The van der Waals surface area contributed by atoms with Crippen molar-refractivity contribution in [2.24, 2.45) is 0 Å². The summed E-state index contributed by atoms with van der Waals surface area (Å²) >= 11 is 0. The number of aryl methyl sites for hydroxylation is 2. The van der Waals surface area contributed by atoms with Gasteiger partial charge in [0.05, 0.1) is 6.26 Å². The van der Waals surface area contributed by atoms with Gasteiger partial charge in [0.1, 0.15) is 11.3 Å². The lowest BCUT2D eigenvalue weighted by Gasteiger charge is -2.26. The van der Waals surface area contributed by atoms with Crippen LogP contribution in [0.15, 0.2) is 27.3 Å². The summed E-state index contributed by atoms with van der Waals surface area (Å²) < 4.78 is 10.3. The van der Waals surface area contributed by atoms with E-state index in [9.17, 15) is 4.79 Å². The van der Waals surface area contributed by atoms with Crippen LogP contribution in [-0.4, -0.2) is 16.0 Å². The van der Waals surface area contributed by atoms with Crippen LogP contribution in [0.4, 0.5) is 0 Å². The van der Waals surface area contributed by atoms with E-state index >= 15 is 0 Å². The minimum absolute atomic E-state index is 0.00393. The normalized spacial score (nSPS) is 17.0. The molecule has 21 heavy (non-hydrogen) atoms. The number of nitrogens with one attached hydrogen (secondary N) is 1. The molecule has 1 aliphatic rings. The quantitative estimate of drug-likeness (QED) is 0.914. The highest BCUT2D eigenvalue weighted by Gasteiger charge is 2.41. The number of hydrogen-bond donors (Lipinski definition) is 1. The highest BCUT2D eigenvalue weighted by atomic mass is 16.5. The molecule has 1 aliphatic carbocycles. The van der Waals surface area contributed by atoms with Gasteiger partial charge in [0.2, 0.25) is 11.8 Å². The predicted molar refractivity (Wildman–Crippen MR) is 74.4 cm³/mol. The zero-order valence-electron chi connectivity index (χ0n) is 12.1. The summed E-state index contributed by atoms with van der Waals surface area (Å²) in [6.07, 6.45) is 6.45. The highest BCUT2D eigenvalue weighted by Crippen LogP contribution is 2.37. The fourth-order valence-corrected chi connectivity index (χ4v) is 2.90. The number of carbonyl (C=O) groups is 1. The first kappa shape index (κ1) is 13.9. The van der Waals surface area contributed by atoms with Gasteiger partial charge in [-0.05, 0) is 25.0 Å². The Labute approximate surface area is 122 Å². The molecule has 0 radical (unpaired) electrons. The molecule has 6 nitrogen and oxygen atoms in total. The molecule has 0 atom stereocenters. The molecule has 2 heterocycles. The zero-order valence-corrected chi connectivity index (χ0v) is 12.1. The largest absolute Gasteiger partial charge is 0.469 e. The average molecular weight is 289 g/mol. The van der Waals surface area contributed by atoms with Crippen molar-refractivity contribution in [2.75, 3.05) is 0 Å². The van der Waals surface area contributed by atoms with E-state index in [1.165, 1.54) is 0 Å². The van der Waals surface area contributed by atoms with Crippen molar-refractivity contribution in [2.45, 2.75) is 51.0 Å². The third-order valence-electron chi connectivity index (χ3n) is 3.97. The van der Waals surface area contributed by atoms with Gasteiger partial charge in [-0.15, -0.1) is 0 Å². The van der Waals surface area contributed by atoms with Gasteiger partial charge in [-0.2, -0.15) is 4.98 Å². The van der Waals surface area contributed by atoms with E-state index in [2.05, 4.69) is 15.5 Å². The smallest absolute Gasteiger partial charge is 0.223 e. The summed E-state index contributed by atoms with van der Waals surface area (Å²) in [5.74, 6) is 1.95. The highest BCUT2D eigenvalue weighted by molar-refractivity contribution is 5.77. The molecular weight excluding hydrogens is 270 g/mol. The molecule has 2 aromatic heterocycles. The van der Waals surface area contributed by atoms with Crippen LogP contribution < -0.4 is 5.32 Å². The van der Waals surface area contributed by atoms with Crippen molar-refractivity contribution in [1.29, 1.82) is 0 Å². The molecule has 3 rings (SSSR count). The molecule has 0 bridgehead atoms. The summed E-state index contributed by atoms with van der Waals surface area (Å²) in [5.41, 5.74) is -0.460. The molecule has 1 N–H and O–H groups in total. The van der Waals surface area contributed by atoms with Crippen LogP contribution in [0.1, 0.15) is 49.6 Å². The van der Waals surface area contributed by atoms with E-state index in [0.717, 1.165) is 31.4 Å². The number of amides is 1. The Balaban J connectivity index is 1.66. The van der Waals surface area contributed by atoms with Crippen molar-refractivity contribution < 1.29 is 13.7 Å². The summed E-state index contributed by atoms with van der Waals surface area (Å²) in [5, 5.41) is 7.13. The predicted octanol–water partition coefficient (Wildman–Crippen LogP) is 2.49. The third kappa shape index (κ3) is 2.99. The first-order chi connectivity index (χ1) is 10.2. The van der Waals surface area contributed by atoms with Gasteiger partial charge in [-0.1, -0.05) is 18.0 Å². The van der Waals surface area contributed by atoms with E-state index in [1.54, 1.807) is 13.2 Å². The number of nitrogens with zero attached hydrogens (tertiary/aromatic N) is 2. The number of furan rings is 1. The minimum Gasteiger partial charge on any atom is -0.469 e. The van der Waals surface area contributed by atoms with E-state index in [1.807, 2.05) is 12.1 Å². The second-order valence-corrected chi connectivity index (χ2v) is 5.55. The van der Waals surface area contributed by atoms with Crippen LogP contribution in [0.2, 0.25) is 0 Å². The van der Waals surface area contributed by atoms with Gasteiger partial charge < -0.3 is 14.3 Å². The van der Waals surface area contributed by atoms with Crippen LogP contribution in [0.3, 0.4) is 0 Å². The molecule has 1 fully saturated rings. The summed E-state index contributed by atoms with van der Waals surface area (Å²) in [6.45, 7) is 1.76. The molecule has 1 saturated carbocycles. The number of hydrogen-bond acceptors (Lipinski definition) is 5. The molecule has 0 spiro atoms. The van der Waals surface area contributed by atoms with Gasteiger partial charge in [0.15, 0.2) is 5.82 Å². The first-order valence-electron chi connectivity index (χ1n) is 7.32. The summed E-state index contributed by atoms with van der Waals surface area (Å²) in [6, 6.07) is 3.70. The molecular formula is C15H19N3O3. The lowest BCUT2D eigenvalue weighted by molar-refractivity contribution is -0.123. The summed E-state index contributed by atoms with van der Waals surface area (Å²) in [7, 11) is 0. The average Bonchev–Trinajstić information content (AvgIpc) is 3.17. The second-order valence-electron chi connectivity index (χ2n) is 5.55. The Morgan fingerprint density at radius 3 is 2.86 bits per heavy atom. The van der Waals surface area contributed by atoms with E-state index in [0.29, 0.717) is 24.6 Å². The third-order valence-corrected chi connectivity index (χ3v) is 3.97. The van der Waals surface area contributed by atoms with Crippen molar-refractivity contribution >= 4 is 5.91 Å². The fourth-order valence-electron chi connectivity index (χ4n) is 2.90. The van der Waals surface area contributed by atoms with Gasteiger partial charge >= 0.3 is 0 Å². The SMILES string of the molecule is Cc1nc(C2(NC(=O)CCc3ccco3)CCCC2)no1. The first-order valence-corrected chi connectivity index (χ1v) is 7.32. The lowest BCUT2D eigenvalue weighted by atomic mass is 9.96. The monoisotopic (exact) mass is 289 g/mol. The van der Waals surface area contributed by atoms with Crippen LogP contribution in [0.25, 0.3) is 0 Å². The zero-order chi connectivity index (χ0) is 14.7. The molecule has 0 saturated heterocycles. The lowest BCUT2D eigenvalue weighted by Crippen LogP contribution is -2.44. The Kier molecular flexibility index (Phi) is 3.77. The standard InChI is InChI=1S/C15H19N3O3/c1-11-16-14(18-21-11)15(8-2-3-9-15)17-13(19)7-6-12-5-4-10-20-12/h4-5,10H,2-3,6-9H2,1H3,(H,17,19). The minimum atomic E-state index is -0.460. The van der Waals surface area contributed by atoms with Crippen molar-refractivity contribution in [3.63, 3.8) is 0 Å². The maximum absolute atomic E-state index is 12.2. The second kappa shape index (κ2) is 5.71. The Bertz CT molecular complexity index is 597. The Morgan fingerprint density at radius 1 is 1.43 bits per heavy atom. The van der Waals surface area contributed by atoms with Crippen LogP contribution in [0, 0.1) is 6.92 Å². The Morgan fingerprint density at radius 2 is 2.24 bits per heavy atom. The van der Waals surface area contributed by atoms with Crippen LogP contribution in [-0.2, 0) is 16.8 Å². The van der Waals surface area contributed by atoms with E-state index < -0.39 is 5.54 Å². The van der Waals surface area contributed by atoms with Crippen molar-refractivity contribution in [3.8, 4) is 0 Å². The van der Waals surface area contributed by atoms with Crippen molar-refractivity contribution in [1.82, 2.24) is 15.5 Å². The number of aromatic nitrogens is 2. The van der Waals surface area contributed by atoms with Gasteiger partial charge in [-0.25, -0.2) is 0 Å². The molecule has 0 aliphatic heterocycles. The molecule has 0 unspecified atom stereocenters. The Hall–Kier alpha value is -2.11. The molecule has 112 valence electrons. The maximum Gasteiger partial charge on any atom is 0.223 e. The molecule has 1 amide bonds. The summed E-state index contributed by atoms with van der Waals surface area (Å²) in [4.78, 5) is 16.6. The maximum atomic E-state index is 12.2. The van der Waals surface area contributed by atoms with E-state index in [4.69, 9.17) is 8.94 Å². The number of rotatable bonds is 5. The van der Waals surface area contributed by atoms with Gasteiger partial charge in [0, 0.05) is 19.8 Å². The van der Waals surface area contributed by atoms with E-state index in [-0.39, 0.29) is 5.91 Å². The topological polar surface area (TPSA) is 81.2 Å². The molecule has 0 aromatic carbocycles. The van der Waals surface area contributed by atoms with Crippen LogP contribution >= 0.6 is 0 Å². The molecule has 6 heteroatoms.